The van der Waals surface area contributed by atoms with Gasteiger partial charge in [0, 0.05) is 18.0 Å². The molecule has 3 aliphatic heterocycles. The van der Waals surface area contributed by atoms with Crippen molar-refractivity contribution in [2.75, 3.05) is 32.6 Å². The van der Waals surface area contributed by atoms with Crippen LogP contribution in [0.25, 0.3) is 0 Å². The molecule has 6 atom stereocenters. The second-order valence-electron chi connectivity index (χ2n) is 9.67. The van der Waals surface area contributed by atoms with Gasteiger partial charge >= 0.3 is 5.97 Å². The second kappa shape index (κ2) is 5.25. The Morgan fingerprint density at radius 2 is 2.07 bits per heavy atom. The van der Waals surface area contributed by atoms with Gasteiger partial charge in [-0.2, -0.15) is 0 Å². The maximum Gasteiger partial charge on any atom is 0.316 e. The van der Waals surface area contributed by atoms with Gasteiger partial charge in [-0.05, 0) is 50.3 Å². The van der Waals surface area contributed by atoms with Gasteiger partial charge in [0.25, 0.3) is 0 Å². The van der Waals surface area contributed by atoms with E-state index in [4.69, 9.17) is 9.47 Å². The fourth-order valence-electron chi connectivity index (χ4n) is 8.18. The van der Waals surface area contributed by atoms with E-state index in [0.717, 1.165) is 37.2 Å². The first kappa shape index (κ1) is 18.0. The van der Waals surface area contributed by atoms with Gasteiger partial charge in [0.15, 0.2) is 5.72 Å². The number of para-hydroxylation sites is 1. The van der Waals surface area contributed by atoms with Crippen LogP contribution in [0.2, 0.25) is 0 Å². The number of piperidine rings is 1. The summed E-state index contributed by atoms with van der Waals surface area (Å²) in [7, 11) is 3.02. The zero-order valence-corrected chi connectivity index (χ0v) is 16.9. The first-order valence-electron chi connectivity index (χ1n) is 10.6. The van der Waals surface area contributed by atoms with E-state index < -0.39 is 28.1 Å². The number of aliphatic hydroxyl groups is 2. The maximum absolute atomic E-state index is 13.3. The van der Waals surface area contributed by atoms with E-state index in [1.54, 1.807) is 7.11 Å². The van der Waals surface area contributed by atoms with Gasteiger partial charge in [0.2, 0.25) is 0 Å². The van der Waals surface area contributed by atoms with E-state index in [1.165, 1.54) is 7.11 Å². The molecular weight excluding hydrogens is 372 g/mol. The number of ether oxygens (including phenoxy) is 2. The Balaban J connectivity index is 1.69. The number of esters is 1. The van der Waals surface area contributed by atoms with Gasteiger partial charge in [-0.1, -0.05) is 12.1 Å². The van der Waals surface area contributed by atoms with Gasteiger partial charge in [-0.3, -0.25) is 9.69 Å². The Morgan fingerprint density at radius 1 is 1.24 bits per heavy atom. The molecule has 156 valence electrons. The molecule has 29 heavy (non-hydrogen) atoms. The standard InChI is InChI=1S/C22H28N2O5/c1-28-14-5-3-4-13-16(14)23-22(27)20(18(26)29-2)8-7-19(12-20)15(25)6-10-24-11-9-21(13,22)17(19)24/h3-5,15,17,23,25,27H,6-12H2,1-2H3. The van der Waals surface area contributed by atoms with Crippen molar-refractivity contribution in [2.24, 2.45) is 10.8 Å². The van der Waals surface area contributed by atoms with Crippen molar-refractivity contribution in [1.82, 2.24) is 4.90 Å². The van der Waals surface area contributed by atoms with Gasteiger partial charge in [-0.25, -0.2) is 0 Å². The van der Waals surface area contributed by atoms with Crippen molar-refractivity contribution < 1.29 is 24.5 Å². The third kappa shape index (κ3) is 1.62. The van der Waals surface area contributed by atoms with Gasteiger partial charge < -0.3 is 25.0 Å². The Labute approximate surface area is 170 Å². The fraction of sp³-hybridized carbons (Fsp3) is 0.682. The number of aliphatic hydroxyl groups excluding tert-OH is 1. The fourth-order valence-corrected chi connectivity index (χ4v) is 8.18. The molecule has 6 unspecified atom stereocenters. The van der Waals surface area contributed by atoms with Crippen molar-refractivity contribution in [2.45, 2.75) is 55.4 Å². The molecule has 5 aliphatic rings. The van der Waals surface area contributed by atoms with Crippen LogP contribution in [0, 0.1) is 10.8 Å². The number of benzene rings is 1. The number of hydrogen-bond donors (Lipinski definition) is 3. The molecule has 1 aromatic rings. The highest BCUT2D eigenvalue weighted by atomic mass is 16.5. The van der Waals surface area contributed by atoms with E-state index in [-0.39, 0.29) is 12.0 Å². The van der Waals surface area contributed by atoms with Gasteiger partial charge in [0.1, 0.15) is 11.2 Å². The van der Waals surface area contributed by atoms with Crippen molar-refractivity contribution >= 4 is 11.7 Å². The smallest absolute Gasteiger partial charge is 0.316 e. The average molecular weight is 400 g/mol. The quantitative estimate of drug-likeness (QED) is 0.643. The first-order valence-corrected chi connectivity index (χ1v) is 10.6. The first-order chi connectivity index (χ1) is 13.9. The van der Waals surface area contributed by atoms with Crippen LogP contribution >= 0.6 is 0 Å². The average Bonchev–Trinajstić information content (AvgIpc) is 3.38. The Morgan fingerprint density at radius 3 is 2.83 bits per heavy atom. The van der Waals surface area contributed by atoms with Gasteiger partial charge in [0.05, 0.1) is 31.4 Å². The van der Waals surface area contributed by atoms with E-state index >= 15 is 0 Å². The van der Waals surface area contributed by atoms with E-state index in [9.17, 15) is 15.0 Å². The number of hydrogen-bond acceptors (Lipinski definition) is 7. The number of nitrogens with one attached hydrogen (secondary N) is 1. The SMILES string of the molecule is COC(=O)C12CCC3(C1)C(O)CCN1CCC4(c5cccc(OC)c5NC24O)C13. The van der Waals surface area contributed by atoms with Crippen LogP contribution < -0.4 is 10.1 Å². The summed E-state index contributed by atoms with van der Waals surface area (Å²) in [4.78, 5) is 15.7. The molecular formula is C22H28N2O5. The molecule has 4 fully saturated rings. The maximum atomic E-state index is 13.3. The van der Waals surface area contributed by atoms with E-state index in [0.29, 0.717) is 25.0 Å². The highest BCUT2D eigenvalue weighted by Gasteiger charge is 2.85. The van der Waals surface area contributed by atoms with Crippen molar-refractivity contribution in [3.63, 3.8) is 0 Å². The predicted molar refractivity (Wildman–Crippen MR) is 105 cm³/mol. The third-order valence-corrected chi connectivity index (χ3v) is 9.12. The number of carbonyl (C=O) groups is 1. The highest BCUT2D eigenvalue weighted by Crippen LogP contribution is 2.76. The van der Waals surface area contributed by atoms with Crippen LogP contribution in [-0.4, -0.2) is 66.3 Å². The lowest BCUT2D eigenvalue weighted by molar-refractivity contribution is -0.213. The molecule has 0 radical (unpaired) electrons. The summed E-state index contributed by atoms with van der Waals surface area (Å²) < 4.78 is 10.9. The molecule has 0 amide bonds. The zero-order chi connectivity index (χ0) is 20.2. The number of methoxy groups -OCH3 is 2. The number of carbonyl (C=O) groups excluding carboxylic acids is 1. The Bertz CT molecular complexity index is 922. The lowest BCUT2D eigenvalue weighted by Gasteiger charge is -2.62. The monoisotopic (exact) mass is 400 g/mol. The minimum absolute atomic E-state index is 0.0233. The Hall–Kier alpha value is -1.83. The topological polar surface area (TPSA) is 91.3 Å². The molecule has 2 bridgehead atoms. The lowest BCUT2D eigenvalue weighted by Crippen LogP contribution is -2.76. The normalized spacial score (nSPS) is 46.5. The molecule has 3 heterocycles. The molecule has 2 saturated carbocycles. The summed E-state index contributed by atoms with van der Waals surface area (Å²) in [5, 5.41) is 27.2. The molecule has 7 nitrogen and oxygen atoms in total. The molecule has 2 saturated heterocycles. The van der Waals surface area contributed by atoms with E-state index in [2.05, 4.69) is 16.3 Å². The number of fused-ring (bicyclic) bond motifs is 3. The Kier molecular flexibility index (Phi) is 3.26. The van der Waals surface area contributed by atoms with Crippen LogP contribution in [0.3, 0.4) is 0 Å². The van der Waals surface area contributed by atoms with Crippen LogP contribution in [-0.2, 0) is 14.9 Å². The molecule has 2 spiro atoms. The molecule has 3 N–H and O–H groups in total. The third-order valence-electron chi connectivity index (χ3n) is 9.12. The lowest BCUT2D eigenvalue weighted by atomic mass is 9.47. The van der Waals surface area contributed by atoms with Crippen LogP contribution in [0.4, 0.5) is 5.69 Å². The molecule has 7 heteroatoms. The van der Waals surface area contributed by atoms with Crippen LogP contribution in [0.1, 0.15) is 37.7 Å². The van der Waals surface area contributed by atoms with Crippen LogP contribution in [0.15, 0.2) is 18.2 Å². The summed E-state index contributed by atoms with van der Waals surface area (Å²) in [6.07, 6.45) is 2.62. The molecule has 6 rings (SSSR count). The number of nitrogens with zero attached hydrogens (tertiary/aromatic N) is 1. The predicted octanol–water partition coefficient (Wildman–Crippen LogP) is 1.23. The summed E-state index contributed by atoms with van der Waals surface area (Å²) >= 11 is 0. The van der Waals surface area contributed by atoms with Gasteiger partial charge in [-0.15, -0.1) is 0 Å². The van der Waals surface area contributed by atoms with Crippen molar-refractivity contribution in [3.05, 3.63) is 23.8 Å². The largest absolute Gasteiger partial charge is 0.495 e. The van der Waals surface area contributed by atoms with Crippen LogP contribution in [0.5, 0.6) is 5.75 Å². The van der Waals surface area contributed by atoms with Crippen molar-refractivity contribution in [3.8, 4) is 5.75 Å². The summed E-state index contributed by atoms with van der Waals surface area (Å²) in [6.45, 7) is 1.66. The molecule has 0 aromatic heterocycles. The summed E-state index contributed by atoms with van der Waals surface area (Å²) in [6, 6.07) is 5.86. The molecule has 2 aliphatic carbocycles. The number of rotatable bonds is 2. The zero-order valence-electron chi connectivity index (χ0n) is 16.9. The van der Waals surface area contributed by atoms with E-state index in [1.807, 2.05) is 12.1 Å². The summed E-state index contributed by atoms with van der Waals surface area (Å²) in [5.41, 5.74) is -1.93. The second-order valence-corrected chi connectivity index (χ2v) is 9.67. The minimum Gasteiger partial charge on any atom is -0.495 e. The highest BCUT2D eigenvalue weighted by molar-refractivity contribution is 5.85. The summed E-state index contributed by atoms with van der Waals surface area (Å²) in [5.74, 6) is 0.282. The molecule has 1 aromatic carbocycles. The van der Waals surface area contributed by atoms with Crippen molar-refractivity contribution in [1.29, 1.82) is 0 Å². The number of anilines is 1. The minimum atomic E-state index is -1.49.